The molecule has 1 rings (SSSR count). The maximum Gasteiger partial charge on any atom is 0.312 e. The van der Waals surface area contributed by atoms with Gasteiger partial charge in [0.15, 0.2) is 5.75 Å². The molecule has 0 radical (unpaired) electrons. The first kappa shape index (κ1) is 11.7. The molecular formula is C9H12ClN2O3+. The van der Waals surface area contributed by atoms with Gasteiger partial charge in [0.05, 0.1) is 18.1 Å². The van der Waals surface area contributed by atoms with Crippen LogP contribution in [0.25, 0.3) is 0 Å². The van der Waals surface area contributed by atoms with Crippen molar-refractivity contribution in [3.63, 3.8) is 0 Å². The molecule has 0 heterocycles. The van der Waals surface area contributed by atoms with Crippen LogP contribution in [0.2, 0.25) is 5.02 Å². The van der Waals surface area contributed by atoms with Crippen LogP contribution in [0, 0.1) is 10.1 Å². The highest BCUT2D eigenvalue weighted by molar-refractivity contribution is 6.30. The van der Waals surface area contributed by atoms with Crippen LogP contribution in [0.5, 0.6) is 5.75 Å². The molecule has 1 aromatic rings. The lowest BCUT2D eigenvalue weighted by Gasteiger charge is -2.05. The molecule has 0 aliphatic rings. The average Bonchev–Trinajstić information content (AvgIpc) is 2.20. The van der Waals surface area contributed by atoms with E-state index in [0.29, 0.717) is 11.6 Å². The molecule has 6 heteroatoms. The van der Waals surface area contributed by atoms with Gasteiger partial charge in [-0.1, -0.05) is 11.6 Å². The molecule has 0 aliphatic heterocycles. The Morgan fingerprint density at radius 2 is 2.27 bits per heavy atom. The third-order valence-electron chi connectivity index (χ3n) is 1.77. The predicted octanol–water partition coefficient (Wildman–Crippen LogP) is 1.26. The van der Waals surface area contributed by atoms with Crippen molar-refractivity contribution in [1.29, 1.82) is 0 Å². The highest BCUT2D eigenvalue weighted by atomic mass is 35.5. The molecule has 0 fully saturated rings. The fourth-order valence-corrected chi connectivity index (χ4v) is 1.21. The van der Waals surface area contributed by atoms with Crippen LogP contribution in [-0.4, -0.2) is 18.1 Å². The smallest absolute Gasteiger partial charge is 0.312 e. The van der Waals surface area contributed by atoms with Crippen LogP contribution in [0.1, 0.15) is 6.42 Å². The summed E-state index contributed by atoms with van der Waals surface area (Å²) in [5.74, 6) is 0.248. The molecule has 5 nitrogen and oxygen atoms in total. The standard InChI is InChI=1S/C9H11ClN2O3/c10-7-2-3-9(15-5-1-4-11)8(6-7)12(13)14/h2-3,6H,1,4-5,11H2/p+1. The Bertz CT molecular complexity index is 357. The molecule has 3 N–H and O–H groups in total. The number of hydrogen-bond donors (Lipinski definition) is 1. The van der Waals surface area contributed by atoms with Gasteiger partial charge < -0.3 is 10.5 Å². The van der Waals surface area contributed by atoms with Gasteiger partial charge in [-0.25, -0.2) is 0 Å². The number of halogens is 1. The van der Waals surface area contributed by atoms with Crippen molar-refractivity contribution < 1.29 is 15.4 Å². The second-order valence-corrected chi connectivity index (χ2v) is 3.36. The fourth-order valence-electron chi connectivity index (χ4n) is 1.04. The molecule has 0 amide bonds. The number of ether oxygens (including phenoxy) is 1. The summed E-state index contributed by atoms with van der Waals surface area (Å²) in [6, 6.07) is 4.35. The summed E-state index contributed by atoms with van der Waals surface area (Å²) < 4.78 is 5.25. The van der Waals surface area contributed by atoms with Crippen molar-refractivity contribution in [3.05, 3.63) is 33.3 Å². The van der Waals surface area contributed by atoms with Gasteiger partial charge in [-0.15, -0.1) is 0 Å². The number of hydrogen-bond acceptors (Lipinski definition) is 3. The largest absolute Gasteiger partial charge is 0.487 e. The van der Waals surface area contributed by atoms with Gasteiger partial charge in [0.2, 0.25) is 0 Å². The fraction of sp³-hybridized carbons (Fsp3) is 0.333. The quantitative estimate of drug-likeness (QED) is 0.471. The van der Waals surface area contributed by atoms with Crippen molar-refractivity contribution in [3.8, 4) is 5.75 Å². The first-order valence-corrected chi connectivity index (χ1v) is 4.89. The van der Waals surface area contributed by atoms with E-state index in [0.717, 1.165) is 13.0 Å². The predicted molar refractivity (Wildman–Crippen MR) is 56.0 cm³/mol. The minimum atomic E-state index is -0.509. The average molecular weight is 232 g/mol. The van der Waals surface area contributed by atoms with Gasteiger partial charge in [0.25, 0.3) is 0 Å². The Morgan fingerprint density at radius 3 is 2.87 bits per heavy atom. The van der Waals surface area contributed by atoms with E-state index in [1.807, 2.05) is 0 Å². The van der Waals surface area contributed by atoms with Crippen LogP contribution < -0.4 is 10.5 Å². The SMILES string of the molecule is [NH3+]CCCOc1ccc(Cl)cc1[N+](=O)[O-]. The number of nitrogens with zero attached hydrogens (tertiary/aromatic N) is 1. The number of benzene rings is 1. The Labute approximate surface area is 91.9 Å². The van der Waals surface area contributed by atoms with E-state index in [1.54, 1.807) is 6.07 Å². The molecule has 0 spiro atoms. The van der Waals surface area contributed by atoms with Crippen LogP contribution in [-0.2, 0) is 0 Å². The number of nitro benzene ring substituents is 1. The monoisotopic (exact) mass is 231 g/mol. The van der Waals surface area contributed by atoms with Gasteiger partial charge in [-0.3, -0.25) is 10.1 Å². The molecule has 0 bridgehead atoms. The summed E-state index contributed by atoms with van der Waals surface area (Å²) in [5, 5.41) is 11.0. The van der Waals surface area contributed by atoms with Gasteiger partial charge >= 0.3 is 5.69 Å². The van der Waals surface area contributed by atoms with Gasteiger partial charge in [-0.2, -0.15) is 0 Å². The molecule has 82 valence electrons. The minimum absolute atomic E-state index is 0.105. The first-order valence-electron chi connectivity index (χ1n) is 4.51. The second kappa shape index (κ2) is 5.53. The normalized spacial score (nSPS) is 10.0. The summed E-state index contributed by atoms with van der Waals surface area (Å²) in [7, 11) is 0. The molecule has 0 saturated heterocycles. The summed E-state index contributed by atoms with van der Waals surface area (Å²) in [5.41, 5.74) is 3.55. The van der Waals surface area contributed by atoms with Crippen molar-refractivity contribution in [2.75, 3.05) is 13.2 Å². The summed E-state index contributed by atoms with van der Waals surface area (Å²) in [6.45, 7) is 1.16. The van der Waals surface area contributed by atoms with E-state index < -0.39 is 4.92 Å². The highest BCUT2D eigenvalue weighted by Gasteiger charge is 2.15. The zero-order chi connectivity index (χ0) is 11.3. The second-order valence-electron chi connectivity index (χ2n) is 2.92. The summed E-state index contributed by atoms with van der Waals surface area (Å²) >= 11 is 5.65. The lowest BCUT2D eigenvalue weighted by Crippen LogP contribution is -2.50. The van der Waals surface area contributed by atoms with Gasteiger partial charge in [-0.05, 0) is 12.1 Å². The Kier molecular flexibility index (Phi) is 4.33. The zero-order valence-electron chi connectivity index (χ0n) is 8.11. The van der Waals surface area contributed by atoms with Crippen LogP contribution in [0.15, 0.2) is 18.2 Å². The minimum Gasteiger partial charge on any atom is -0.487 e. The van der Waals surface area contributed by atoms with Crippen LogP contribution in [0.4, 0.5) is 5.69 Å². The first-order chi connectivity index (χ1) is 7.15. The summed E-state index contributed by atoms with van der Waals surface area (Å²) in [4.78, 5) is 10.2. The van der Waals surface area contributed by atoms with Crippen molar-refractivity contribution in [2.24, 2.45) is 0 Å². The lowest BCUT2D eigenvalue weighted by molar-refractivity contribution is -0.386. The number of quaternary nitrogens is 1. The maximum atomic E-state index is 10.7. The molecule has 0 aliphatic carbocycles. The third kappa shape index (κ3) is 3.38. The van der Waals surface area contributed by atoms with Gasteiger partial charge in [0.1, 0.15) is 0 Å². The Morgan fingerprint density at radius 1 is 1.53 bits per heavy atom. The lowest BCUT2D eigenvalue weighted by atomic mass is 10.3. The van der Waals surface area contributed by atoms with E-state index in [2.05, 4.69) is 5.73 Å². The highest BCUT2D eigenvalue weighted by Crippen LogP contribution is 2.29. The maximum absolute atomic E-state index is 10.7. The topological polar surface area (TPSA) is 80.0 Å². The van der Waals surface area contributed by atoms with E-state index in [4.69, 9.17) is 16.3 Å². The number of rotatable bonds is 5. The number of nitro groups is 1. The Hall–Kier alpha value is -1.33. The Balaban J connectivity index is 2.81. The van der Waals surface area contributed by atoms with Crippen LogP contribution in [0.3, 0.4) is 0 Å². The van der Waals surface area contributed by atoms with Crippen molar-refractivity contribution >= 4 is 17.3 Å². The van der Waals surface area contributed by atoms with E-state index in [9.17, 15) is 10.1 Å². The molecule has 0 atom stereocenters. The zero-order valence-corrected chi connectivity index (χ0v) is 8.87. The van der Waals surface area contributed by atoms with Crippen LogP contribution >= 0.6 is 11.6 Å². The molecule has 0 saturated carbocycles. The molecular weight excluding hydrogens is 220 g/mol. The van der Waals surface area contributed by atoms with E-state index in [1.165, 1.54) is 12.1 Å². The van der Waals surface area contributed by atoms with E-state index >= 15 is 0 Å². The van der Waals surface area contributed by atoms with Gasteiger partial charge in [0, 0.05) is 17.5 Å². The summed E-state index contributed by atoms with van der Waals surface area (Å²) in [6.07, 6.45) is 0.764. The molecule has 1 aromatic carbocycles. The molecule has 15 heavy (non-hydrogen) atoms. The molecule has 0 unspecified atom stereocenters. The van der Waals surface area contributed by atoms with Crippen molar-refractivity contribution in [2.45, 2.75) is 6.42 Å². The van der Waals surface area contributed by atoms with Crippen molar-refractivity contribution in [1.82, 2.24) is 0 Å². The van der Waals surface area contributed by atoms with E-state index in [-0.39, 0.29) is 11.4 Å². The molecule has 0 aromatic heterocycles. The third-order valence-corrected chi connectivity index (χ3v) is 2.00.